The summed E-state index contributed by atoms with van der Waals surface area (Å²) in [6, 6.07) is 23.6. The Morgan fingerprint density at radius 1 is 0.733 bits per heavy atom. The molecule has 0 amide bonds. The maximum Gasteiger partial charge on any atom is 0.212 e. The van der Waals surface area contributed by atoms with E-state index in [0.29, 0.717) is 0 Å². The Kier molecular flexibility index (Phi) is 8.39. The van der Waals surface area contributed by atoms with Gasteiger partial charge in [0, 0.05) is 23.3 Å². The van der Waals surface area contributed by atoms with E-state index in [1.807, 2.05) is 0 Å². The lowest BCUT2D eigenvalue weighted by atomic mass is 10.1. The highest BCUT2D eigenvalue weighted by Gasteiger charge is 2.13. The Morgan fingerprint density at radius 3 is 2.27 bits per heavy atom. The van der Waals surface area contributed by atoms with Crippen LogP contribution in [-0.2, 0) is 6.54 Å². The lowest BCUT2D eigenvalue weighted by molar-refractivity contribution is -0.671. The van der Waals surface area contributed by atoms with E-state index in [4.69, 9.17) is 4.98 Å². The molecular weight excluding hydrogens is 432 g/mol. The summed E-state index contributed by atoms with van der Waals surface area (Å²) in [6.45, 7) is 3.34. The molecule has 4 aromatic rings. The van der Waals surface area contributed by atoms with Gasteiger partial charge in [-0.1, -0.05) is 75.4 Å². The number of benzene rings is 2. The molecule has 0 unspecified atom stereocenters. The number of fused-ring (bicyclic) bond motifs is 2. The van der Waals surface area contributed by atoms with Crippen molar-refractivity contribution in [2.24, 2.45) is 0 Å². The van der Waals surface area contributed by atoms with E-state index in [9.17, 15) is 0 Å². The third-order valence-electron chi connectivity index (χ3n) is 5.75. The second kappa shape index (κ2) is 11.2. The topological polar surface area (TPSA) is 16.8 Å². The van der Waals surface area contributed by atoms with Crippen LogP contribution < -0.4 is 21.5 Å². The summed E-state index contributed by atoms with van der Waals surface area (Å²) in [7, 11) is 0. The molecule has 0 spiro atoms. The molecule has 4 rings (SSSR count). The molecule has 0 radical (unpaired) electrons. The first-order chi connectivity index (χ1) is 14.3. The predicted octanol–water partition coefficient (Wildman–Crippen LogP) is 4.10. The van der Waals surface area contributed by atoms with Gasteiger partial charge in [-0.05, 0) is 30.7 Å². The van der Waals surface area contributed by atoms with Gasteiger partial charge >= 0.3 is 0 Å². The molecule has 0 aliphatic carbocycles. The zero-order chi connectivity index (χ0) is 19.9. The van der Waals surface area contributed by atoms with Crippen molar-refractivity contribution in [3.63, 3.8) is 0 Å². The molecule has 2 aromatic carbocycles. The van der Waals surface area contributed by atoms with E-state index in [2.05, 4.69) is 84.4 Å². The van der Waals surface area contributed by atoms with Crippen LogP contribution in [0.1, 0.15) is 51.9 Å². The van der Waals surface area contributed by atoms with Gasteiger partial charge in [-0.25, -0.2) is 4.98 Å². The normalized spacial score (nSPS) is 11.0. The molecule has 0 saturated heterocycles. The van der Waals surface area contributed by atoms with Crippen LogP contribution in [0.25, 0.3) is 33.1 Å². The Labute approximate surface area is 190 Å². The SMILES string of the molecule is CCCCCCCCC[n+]1cc(-c2ccc3ccccc3n2)cc2ccccc21.[Br-]. The molecule has 156 valence electrons. The van der Waals surface area contributed by atoms with E-state index in [1.165, 1.54) is 66.8 Å². The monoisotopic (exact) mass is 462 g/mol. The molecule has 0 bridgehead atoms. The standard InChI is InChI=1S/C27H31N2.BrH/c1-2-3-4-5-6-7-12-19-29-21-24(20-23-14-9-11-16-27(23)29)26-18-17-22-13-8-10-15-25(22)28-26;/h8-11,13-18,20-21H,2-7,12,19H2,1H3;1H/q+1;/p-1. The average Bonchev–Trinajstić information content (AvgIpc) is 2.78. The number of rotatable bonds is 9. The van der Waals surface area contributed by atoms with E-state index < -0.39 is 0 Å². The lowest BCUT2D eigenvalue weighted by Crippen LogP contribution is -3.00. The van der Waals surface area contributed by atoms with Gasteiger partial charge in [0.1, 0.15) is 6.54 Å². The Balaban J connectivity index is 0.00000256. The number of aryl methyl sites for hydroxylation is 1. The summed E-state index contributed by atoms with van der Waals surface area (Å²) in [6.07, 6.45) is 11.6. The summed E-state index contributed by atoms with van der Waals surface area (Å²) in [4.78, 5) is 4.92. The third-order valence-corrected chi connectivity index (χ3v) is 5.75. The van der Waals surface area contributed by atoms with E-state index in [1.54, 1.807) is 0 Å². The maximum atomic E-state index is 4.92. The van der Waals surface area contributed by atoms with Gasteiger partial charge < -0.3 is 17.0 Å². The molecule has 3 heteroatoms. The minimum atomic E-state index is 0. The Bertz CT molecular complexity index is 1090. The van der Waals surface area contributed by atoms with Crippen molar-refractivity contribution in [2.75, 3.05) is 0 Å². The smallest absolute Gasteiger partial charge is 0.212 e. The molecule has 0 atom stereocenters. The summed E-state index contributed by atoms with van der Waals surface area (Å²) in [5, 5.41) is 2.47. The number of hydrogen-bond donors (Lipinski definition) is 0. The van der Waals surface area contributed by atoms with Crippen LogP contribution in [0, 0.1) is 0 Å². The predicted molar refractivity (Wildman–Crippen MR) is 123 cm³/mol. The summed E-state index contributed by atoms with van der Waals surface area (Å²) in [5.41, 5.74) is 4.60. The number of nitrogens with zero attached hydrogens (tertiary/aromatic N) is 2. The quantitative estimate of drug-likeness (QED) is 0.270. The fourth-order valence-corrected chi connectivity index (χ4v) is 4.10. The van der Waals surface area contributed by atoms with Crippen molar-refractivity contribution in [1.82, 2.24) is 4.98 Å². The van der Waals surface area contributed by atoms with Crippen molar-refractivity contribution in [3.05, 3.63) is 72.9 Å². The highest BCUT2D eigenvalue weighted by atomic mass is 79.9. The molecule has 0 N–H and O–H groups in total. The first-order valence-electron chi connectivity index (χ1n) is 11.1. The Morgan fingerprint density at radius 2 is 1.43 bits per heavy atom. The molecule has 0 fully saturated rings. The van der Waals surface area contributed by atoms with E-state index in [-0.39, 0.29) is 17.0 Å². The Hall–Kier alpha value is -2.26. The summed E-state index contributed by atoms with van der Waals surface area (Å²) < 4.78 is 2.42. The fourth-order valence-electron chi connectivity index (χ4n) is 4.10. The van der Waals surface area contributed by atoms with Crippen LogP contribution in [0.5, 0.6) is 0 Å². The second-order valence-corrected chi connectivity index (χ2v) is 7.99. The minimum absolute atomic E-state index is 0. The summed E-state index contributed by atoms with van der Waals surface area (Å²) >= 11 is 0. The number of hydrogen-bond acceptors (Lipinski definition) is 1. The van der Waals surface area contributed by atoms with Crippen LogP contribution in [0.3, 0.4) is 0 Å². The van der Waals surface area contributed by atoms with Crippen LogP contribution in [0.15, 0.2) is 72.9 Å². The van der Waals surface area contributed by atoms with Crippen LogP contribution in [-0.4, -0.2) is 4.98 Å². The van der Waals surface area contributed by atoms with Gasteiger partial charge in [0.25, 0.3) is 0 Å². The van der Waals surface area contributed by atoms with Crippen molar-refractivity contribution in [1.29, 1.82) is 0 Å². The van der Waals surface area contributed by atoms with Gasteiger partial charge in [-0.2, -0.15) is 4.57 Å². The van der Waals surface area contributed by atoms with Crippen molar-refractivity contribution in [3.8, 4) is 11.3 Å². The number of halogens is 1. The third kappa shape index (κ3) is 5.46. The van der Waals surface area contributed by atoms with Gasteiger partial charge in [-0.15, -0.1) is 0 Å². The number of aromatic nitrogens is 2. The largest absolute Gasteiger partial charge is 1.00 e. The molecule has 0 aliphatic rings. The molecule has 0 saturated carbocycles. The van der Waals surface area contributed by atoms with Gasteiger partial charge in [0.15, 0.2) is 6.20 Å². The van der Waals surface area contributed by atoms with Gasteiger partial charge in [0.2, 0.25) is 5.52 Å². The molecule has 2 heterocycles. The van der Waals surface area contributed by atoms with Crippen LogP contribution in [0.4, 0.5) is 0 Å². The van der Waals surface area contributed by atoms with Crippen molar-refractivity contribution >= 4 is 21.8 Å². The number of unbranched alkanes of at least 4 members (excludes halogenated alkanes) is 6. The van der Waals surface area contributed by atoms with Crippen LogP contribution >= 0.6 is 0 Å². The first-order valence-corrected chi connectivity index (χ1v) is 11.1. The molecule has 30 heavy (non-hydrogen) atoms. The first kappa shape index (κ1) is 22.4. The van der Waals surface area contributed by atoms with Gasteiger partial charge in [-0.3, -0.25) is 0 Å². The molecule has 0 aliphatic heterocycles. The van der Waals surface area contributed by atoms with Crippen molar-refractivity contribution in [2.45, 2.75) is 58.4 Å². The molecule has 2 aromatic heterocycles. The minimum Gasteiger partial charge on any atom is -1.00 e. The van der Waals surface area contributed by atoms with Crippen molar-refractivity contribution < 1.29 is 21.5 Å². The lowest BCUT2D eigenvalue weighted by Gasteiger charge is -2.07. The zero-order valence-electron chi connectivity index (χ0n) is 17.9. The number of pyridine rings is 2. The number of para-hydroxylation sites is 2. The summed E-state index contributed by atoms with van der Waals surface area (Å²) in [5.74, 6) is 0. The zero-order valence-corrected chi connectivity index (χ0v) is 19.4. The molecular formula is C27H31BrN2. The van der Waals surface area contributed by atoms with Gasteiger partial charge in [0.05, 0.1) is 16.8 Å². The fraction of sp³-hybridized carbons (Fsp3) is 0.333. The average molecular weight is 463 g/mol. The van der Waals surface area contributed by atoms with Crippen LogP contribution in [0.2, 0.25) is 0 Å². The van der Waals surface area contributed by atoms with E-state index >= 15 is 0 Å². The van der Waals surface area contributed by atoms with E-state index in [0.717, 1.165) is 17.8 Å². The maximum absolute atomic E-state index is 4.92. The highest BCUT2D eigenvalue weighted by molar-refractivity contribution is 5.84. The molecule has 2 nitrogen and oxygen atoms in total. The highest BCUT2D eigenvalue weighted by Crippen LogP contribution is 2.23. The second-order valence-electron chi connectivity index (χ2n) is 7.99.